The van der Waals surface area contributed by atoms with Gasteiger partial charge in [-0.05, 0) is 37.8 Å². The summed E-state index contributed by atoms with van der Waals surface area (Å²) in [5.74, 6) is 0.359. The summed E-state index contributed by atoms with van der Waals surface area (Å²) in [6.07, 6.45) is 2.08. The summed E-state index contributed by atoms with van der Waals surface area (Å²) in [6.45, 7) is 4.79. The third kappa shape index (κ3) is 5.01. The highest BCUT2D eigenvalue weighted by atomic mass is 19.1. The molecule has 0 spiro atoms. The molecule has 116 valence electrons. The molecule has 0 N–H and O–H groups in total. The summed E-state index contributed by atoms with van der Waals surface area (Å²) in [4.78, 5) is 14.0. The third-order valence-electron chi connectivity index (χ3n) is 3.59. The molecule has 1 heterocycles. The number of benzene rings is 1. The maximum atomic E-state index is 13.0. The number of amides is 1. The summed E-state index contributed by atoms with van der Waals surface area (Å²) in [5.41, 5.74) is 0. The van der Waals surface area contributed by atoms with Crippen LogP contribution in [0.25, 0.3) is 0 Å². The molecular formula is C16H22FNO3. The van der Waals surface area contributed by atoms with E-state index in [1.165, 1.54) is 12.1 Å². The van der Waals surface area contributed by atoms with Crippen molar-refractivity contribution in [1.82, 2.24) is 4.90 Å². The van der Waals surface area contributed by atoms with Crippen LogP contribution >= 0.6 is 0 Å². The minimum absolute atomic E-state index is 0.0508. The normalized spacial score (nSPS) is 18.6. The van der Waals surface area contributed by atoms with Crippen molar-refractivity contribution in [2.24, 2.45) is 5.92 Å². The molecule has 0 aromatic heterocycles. The van der Waals surface area contributed by atoms with Gasteiger partial charge in [-0.2, -0.15) is 0 Å². The summed E-state index contributed by atoms with van der Waals surface area (Å²) in [6, 6.07) is 5.83. The van der Waals surface area contributed by atoms with E-state index in [2.05, 4.69) is 0 Å². The lowest BCUT2D eigenvalue weighted by Crippen LogP contribution is -2.43. The van der Waals surface area contributed by atoms with Crippen LogP contribution in [0.3, 0.4) is 0 Å². The number of likely N-dealkylation sites (tertiary alicyclic amines) is 1. The van der Waals surface area contributed by atoms with Gasteiger partial charge in [-0.25, -0.2) is 4.39 Å². The second kappa shape index (κ2) is 7.98. The van der Waals surface area contributed by atoms with Crippen LogP contribution in [0.4, 0.5) is 4.39 Å². The summed E-state index contributed by atoms with van der Waals surface area (Å²) < 4.78 is 23.8. The van der Waals surface area contributed by atoms with Gasteiger partial charge in [0.2, 0.25) is 0 Å². The van der Waals surface area contributed by atoms with E-state index in [0.29, 0.717) is 31.4 Å². The predicted molar refractivity (Wildman–Crippen MR) is 77.7 cm³/mol. The Morgan fingerprint density at radius 3 is 3.10 bits per heavy atom. The van der Waals surface area contributed by atoms with E-state index in [-0.39, 0.29) is 18.3 Å². The first-order valence-corrected chi connectivity index (χ1v) is 7.43. The minimum atomic E-state index is -0.366. The lowest BCUT2D eigenvalue weighted by atomic mass is 9.99. The number of hydrogen-bond acceptors (Lipinski definition) is 3. The Kier molecular flexibility index (Phi) is 5.99. The molecule has 0 bridgehead atoms. The molecule has 0 aliphatic carbocycles. The summed E-state index contributed by atoms with van der Waals surface area (Å²) >= 11 is 0. The summed E-state index contributed by atoms with van der Waals surface area (Å²) in [5, 5.41) is 0. The van der Waals surface area contributed by atoms with E-state index in [0.717, 1.165) is 19.4 Å². The van der Waals surface area contributed by atoms with Crippen molar-refractivity contribution in [3.63, 3.8) is 0 Å². The number of rotatable bonds is 6. The van der Waals surface area contributed by atoms with Crippen LogP contribution in [0, 0.1) is 11.7 Å². The van der Waals surface area contributed by atoms with Crippen molar-refractivity contribution in [2.75, 3.05) is 32.9 Å². The quantitative estimate of drug-likeness (QED) is 0.809. The van der Waals surface area contributed by atoms with Crippen molar-refractivity contribution in [1.29, 1.82) is 0 Å². The van der Waals surface area contributed by atoms with Crippen LogP contribution < -0.4 is 4.74 Å². The van der Waals surface area contributed by atoms with Crippen molar-refractivity contribution in [2.45, 2.75) is 19.8 Å². The first-order valence-electron chi connectivity index (χ1n) is 7.43. The van der Waals surface area contributed by atoms with Crippen LogP contribution in [0.1, 0.15) is 19.8 Å². The van der Waals surface area contributed by atoms with Gasteiger partial charge >= 0.3 is 0 Å². The van der Waals surface area contributed by atoms with Crippen LogP contribution in [-0.2, 0) is 9.53 Å². The fourth-order valence-corrected chi connectivity index (χ4v) is 2.51. The second-order valence-electron chi connectivity index (χ2n) is 5.25. The molecule has 1 atom stereocenters. The highest BCUT2D eigenvalue weighted by Crippen LogP contribution is 2.17. The van der Waals surface area contributed by atoms with Gasteiger partial charge in [-0.15, -0.1) is 0 Å². The van der Waals surface area contributed by atoms with Gasteiger partial charge in [0.25, 0.3) is 5.91 Å². The lowest BCUT2D eigenvalue weighted by Gasteiger charge is -2.32. The molecule has 0 saturated carbocycles. The molecule has 1 unspecified atom stereocenters. The third-order valence-corrected chi connectivity index (χ3v) is 3.59. The molecule has 1 aliphatic rings. The van der Waals surface area contributed by atoms with Gasteiger partial charge in [0, 0.05) is 25.8 Å². The maximum Gasteiger partial charge on any atom is 0.260 e. The average molecular weight is 295 g/mol. The van der Waals surface area contributed by atoms with Crippen LogP contribution in [-0.4, -0.2) is 43.7 Å². The molecule has 4 nitrogen and oxygen atoms in total. The molecule has 1 saturated heterocycles. The molecule has 21 heavy (non-hydrogen) atoms. The number of carbonyl (C=O) groups is 1. The topological polar surface area (TPSA) is 38.8 Å². The number of piperidine rings is 1. The Balaban J connectivity index is 1.79. The zero-order valence-corrected chi connectivity index (χ0v) is 12.4. The molecule has 1 aliphatic heterocycles. The monoisotopic (exact) mass is 295 g/mol. The molecule has 1 aromatic rings. The van der Waals surface area contributed by atoms with Gasteiger partial charge in [-0.3, -0.25) is 4.79 Å². The standard InChI is InChI=1S/C16H22FNO3/c1-2-20-11-13-5-4-8-18(10-13)16(19)12-21-15-7-3-6-14(17)9-15/h3,6-7,9,13H,2,4-5,8,10-12H2,1H3. The highest BCUT2D eigenvalue weighted by molar-refractivity contribution is 5.77. The number of nitrogens with zero attached hydrogens (tertiary/aromatic N) is 1. The minimum Gasteiger partial charge on any atom is -0.484 e. The molecule has 1 fully saturated rings. The van der Waals surface area contributed by atoms with Crippen molar-refractivity contribution < 1.29 is 18.7 Å². The fourth-order valence-electron chi connectivity index (χ4n) is 2.51. The highest BCUT2D eigenvalue weighted by Gasteiger charge is 2.23. The predicted octanol–water partition coefficient (Wildman–Crippen LogP) is 2.48. The SMILES string of the molecule is CCOCC1CCCN(C(=O)COc2cccc(F)c2)C1. The fraction of sp³-hybridized carbons (Fsp3) is 0.562. The van der Waals surface area contributed by atoms with E-state index in [4.69, 9.17) is 9.47 Å². The lowest BCUT2D eigenvalue weighted by molar-refractivity contribution is -0.135. The first kappa shape index (κ1) is 15.8. The Morgan fingerprint density at radius 2 is 2.33 bits per heavy atom. The molecule has 5 heteroatoms. The summed E-state index contributed by atoms with van der Waals surface area (Å²) in [7, 11) is 0. The van der Waals surface area contributed by atoms with Crippen molar-refractivity contribution >= 4 is 5.91 Å². The van der Waals surface area contributed by atoms with E-state index < -0.39 is 0 Å². The Morgan fingerprint density at radius 1 is 1.48 bits per heavy atom. The Bertz CT molecular complexity index is 467. The van der Waals surface area contributed by atoms with Crippen molar-refractivity contribution in [3.8, 4) is 5.75 Å². The molecule has 0 radical (unpaired) electrons. The molecular weight excluding hydrogens is 273 g/mol. The Hall–Kier alpha value is -1.62. The van der Waals surface area contributed by atoms with Gasteiger partial charge in [0.15, 0.2) is 6.61 Å². The number of hydrogen-bond donors (Lipinski definition) is 0. The zero-order chi connectivity index (χ0) is 15.1. The van der Waals surface area contributed by atoms with E-state index >= 15 is 0 Å². The van der Waals surface area contributed by atoms with Gasteiger partial charge < -0.3 is 14.4 Å². The molecule has 1 amide bonds. The van der Waals surface area contributed by atoms with Crippen molar-refractivity contribution in [3.05, 3.63) is 30.1 Å². The van der Waals surface area contributed by atoms with E-state index in [9.17, 15) is 9.18 Å². The average Bonchev–Trinajstić information content (AvgIpc) is 2.51. The van der Waals surface area contributed by atoms with Gasteiger partial charge in [0.1, 0.15) is 11.6 Å². The van der Waals surface area contributed by atoms with E-state index in [1.807, 2.05) is 11.8 Å². The second-order valence-corrected chi connectivity index (χ2v) is 5.25. The smallest absolute Gasteiger partial charge is 0.260 e. The number of carbonyl (C=O) groups excluding carboxylic acids is 1. The zero-order valence-electron chi connectivity index (χ0n) is 12.4. The molecule has 1 aromatic carbocycles. The van der Waals surface area contributed by atoms with Crippen LogP contribution in [0.5, 0.6) is 5.75 Å². The molecule has 2 rings (SSSR count). The van der Waals surface area contributed by atoms with E-state index in [1.54, 1.807) is 12.1 Å². The largest absolute Gasteiger partial charge is 0.484 e. The number of ether oxygens (including phenoxy) is 2. The van der Waals surface area contributed by atoms with Gasteiger partial charge in [-0.1, -0.05) is 6.07 Å². The van der Waals surface area contributed by atoms with Crippen LogP contribution in [0.15, 0.2) is 24.3 Å². The Labute approximate surface area is 124 Å². The number of halogens is 1. The first-order chi connectivity index (χ1) is 10.2. The van der Waals surface area contributed by atoms with Crippen LogP contribution in [0.2, 0.25) is 0 Å². The maximum absolute atomic E-state index is 13.0. The van der Waals surface area contributed by atoms with Gasteiger partial charge in [0.05, 0.1) is 6.61 Å².